The van der Waals surface area contributed by atoms with Gasteiger partial charge in [0, 0.05) is 12.8 Å². The highest BCUT2D eigenvalue weighted by Gasteiger charge is 2.28. The van der Waals surface area contributed by atoms with Crippen LogP contribution in [0.3, 0.4) is 0 Å². The average molecular weight is 256 g/mol. The molecule has 0 heterocycles. The molecule has 1 aliphatic carbocycles. The monoisotopic (exact) mass is 256 g/mol. The summed E-state index contributed by atoms with van der Waals surface area (Å²) in [6, 6.07) is 0. The van der Waals surface area contributed by atoms with E-state index in [1.165, 1.54) is 38.5 Å². The Morgan fingerprint density at radius 2 is 1.67 bits per heavy atom. The molecule has 1 atom stereocenters. The van der Waals surface area contributed by atoms with E-state index in [2.05, 4.69) is 13.8 Å². The molecule has 2 heteroatoms. The molecule has 1 rings (SSSR count). The molecule has 0 amide bonds. The van der Waals surface area contributed by atoms with Crippen molar-refractivity contribution in [3.8, 4) is 0 Å². The number of hydrogen-bond donors (Lipinski definition) is 1. The second kappa shape index (κ2) is 8.92. The van der Waals surface area contributed by atoms with Crippen molar-refractivity contribution in [2.75, 3.05) is 6.61 Å². The summed E-state index contributed by atoms with van der Waals surface area (Å²) in [6.07, 6.45) is 12.6. The summed E-state index contributed by atoms with van der Waals surface area (Å²) >= 11 is 0. The maximum absolute atomic E-state index is 10.5. The summed E-state index contributed by atoms with van der Waals surface area (Å²) in [5.74, 6) is -0.195. The predicted octanol–water partition coefficient (Wildman–Crippen LogP) is 4.65. The zero-order valence-electron chi connectivity index (χ0n) is 12.4. The van der Waals surface area contributed by atoms with E-state index in [1.54, 1.807) is 0 Å². The molecule has 1 aliphatic rings. The fourth-order valence-corrected chi connectivity index (χ4v) is 2.77. The van der Waals surface area contributed by atoms with E-state index in [0.29, 0.717) is 5.92 Å². The van der Waals surface area contributed by atoms with Gasteiger partial charge in [-0.3, -0.25) is 0 Å². The quantitative estimate of drug-likeness (QED) is 0.672. The molecule has 1 saturated carbocycles. The van der Waals surface area contributed by atoms with Crippen LogP contribution in [0.4, 0.5) is 0 Å². The average Bonchev–Trinajstić information content (AvgIpc) is 2.35. The minimum Gasteiger partial charge on any atom is -0.365 e. The van der Waals surface area contributed by atoms with Gasteiger partial charge in [0.05, 0.1) is 6.61 Å². The molecule has 0 saturated heterocycles. The predicted molar refractivity (Wildman–Crippen MR) is 76.5 cm³/mol. The molecule has 0 aromatic rings. The van der Waals surface area contributed by atoms with Crippen molar-refractivity contribution >= 4 is 0 Å². The molecule has 0 aromatic carbocycles. The van der Waals surface area contributed by atoms with Crippen molar-refractivity contribution in [3.05, 3.63) is 0 Å². The van der Waals surface area contributed by atoms with Gasteiger partial charge in [0.25, 0.3) is 0 Å². The maximum Gasteiger partial charge on any atom is 0.165 e. The summed E-state index contributed by atoms with van der Waals surface area (Å²) < 4.78 is 5.91. The van der Waals surface area contributed by atoms with Gasteiger partial charge < -0.3 is 9.84 Å². The summed E-state index contributed by atoms with van der Waals surface area (Å²) in [7, 11) is 0. The van der Waals surface area contributed by atoms with Crippen molar-refractivity contribution in [1.29, 1.82) is 0 Å². The van der Waals surface area contributed by atoms with Crippen LogP contribution in [0.2, 0.25) is 0 Å². The summed E-state index contributed by atoms with van der Waals surface area (Å²) in [5, 5.41) is 10.5. The van der Waals surface area contributed by atoms with Crippen molar-refractivity contribution in [2.45, 2.75) is 90.3 Å². The van der Waals surface area contributed by atoms with Crippen LogP contribution < -0.4 is 0 Å². The highest BCUT2D eigenvalue weighted by atomic mass is 16.6. The minimum atomic E-state index is -0.819. The number of unbranched alkanes of at least 4 members (excludes halogenated alkanes) is 1. The third-order valence-corrected chi connectivity index (χ3v) is 4.27. The third-order valence-electron chi connectivity index (χ3n) is 4.27. The molecule has 0 aliphatic heterocycles. The molecule has 0 radical (unpaired) electrons. The number of rotatable bonds is 7. The zero-order chi connectivity index (χ0) is 13.3. The highest BCUT2D eigenvalue weighted by molar-refractivity contribution is 4.71. The van der Waals surface area contributed by atoms with Gasteiger partial charge >= 0.3 is 0 Å². The first-order chi connectivity index (χ1) is 8.70. The van der Waals surface area contributed by atoms with Crippen molar-refractivity contribution in [3.63, 3.8) is 0 Å². The second-order valence-electron chi connectivity index (χ2n) is 5.94. The van der Waals surface area contributed by atoms with E-state index >= 15 is 0 Å². The minimum absolute atomic E-state index is 0.624. The van der Waals surface area contributed by atoms with Gasteiger partial charge in [-0.25, -0.2) is 0 Å². The lowest BCUT2D eigenvalue weighted by Gasteiger charge is -2.31. The van der Waals surface area contributed by atoms with Crippen molar-refractivity contribution in [2.24, 2.45) is 5.92 Å². The topological polar surface area (TPSA) is 29.5 Å². The largest absolute Gasteiger partial charge is 0.365 e. The van der Waals surface area contributed by atoms with Crippen molar-refractivity contribution in [1.82, 2.24) is 0 Å². The lowest BCUT2D eigenvalue weighted by molar-refractivity contribution is -0.221. The Balaban J connectivity index is 2.32. The molecular weight excluding hydrogens is 224 g/mol. The molecule has 1 N–H and O–H groups in total. The zero-order valence-corrected chi connectivity index (χ0v) is 12.4. The van der Waals surface area contributed by atoms with Gasteiger partial charge in [-0.05, 0) is 25.2 Å². The van der Waals surface area contributed by atoms with Crippen LogP contribution in [0, 0.1) is 5.92 Å². The first-order valence-electron chi connectivity index (χ1n) is 8.06. The Labute approximate surface area is 113 Å². The van der Waals surface area contributed by atoms with Crippen molar-refractivity contribution < 1.29 is 9.84 Å². The standard InChI is InChI=1S/C16H32O2/c1-3-5-11-15(4-2)14-18-16(17)12-9-7-6-8-10-13-16/h15,17H,3-14H2,1-2H3. The molecule has 1 unspecified atom stereocenters. The van der Waals surface area contributed by atoms with Gasteiger partial charge in [-0.2, -0.15) is 0 Å². The summed E-state index contributed by atoms with van der Waals surface area (Å²) in [5.41, 5.74) is 0. The van der Waals surface area contributed by atoms with Crippen LogP contribution in [0.25, 0.3) is 0 Å². The van der Waals surface area contributed by atoms with E-state index in [-0.39, 0.29) is 0 Å². The van der Waals surface area contributed by atoms with Crippen LogP contribution in [-0.4, -0.2) is 17.5 Å². The second-order valence-corrected chi connectivity index (χ2v) is 5.94. The van der Waals surface area contributed by atoms with Crippen LogP contribution >= 0.6 is 0 Å². The van der Waals surface area contributed by atoms with Gasteiger partial charge in [0.2, 0.25) is 0 Å². The molecule has 0 aromatic heterocycles. The smallest absolute Gasteiger partial charge is 0.165 e. The Morgan fingerprint density at radius 3 is 2.22 bits per heavy atom. The fourth-order valence-electron chi connectivity index (χ4n) is 2.77. The number of aliphatic hydroxyl groups is 1. The molecule has 2 nitrogen and oxygen atoms in total. The maximum atomic E-state index is 10.5. The van der Waals surface area contributed by atoms with Crippen LogP contribution in [0.1, 0.15) is 84.5 Å². The molecular formula is C16H32O2. The molecule has 1 fully saturated rings. The normalized spacial score (nSPS) is 22.2. The van der Waals surface area contributed by atoms with Crippen LogP contribution in [0.15, 0.2) is 0 Å². The number of hydrogen-bond acceptors (Lipinski definition) is 2. The molecule has 0 bridgehead atoms. The van der Waals surface area contributed by atoms with Crippen LogP contribution in [0.5, 0.6) is 0 Å². The third kappa shape index (κ3) is 6.19. The summed E-state index contributed by atoms with van der Waals surface area (Å²) in [6.45, 7) is 5.20. The molecule has 18 heavy (non-hydrogen) atoms. The van der Waals surface area contributed by atoms with E-state index in [0.717, 1.165) is 38.7 Å². The Hall–Kier alpha value is -0.0800. The van der Waals surface area contributed by atoms with Gasteiger partial charge in [0.15, 0.2) is 5.79 Å². The Bertz CT molecular complexity index is 195. The van der Waals surface area contributed by atoms with E-state index in [9.17, 15) is 5.11 Å². The summed E-state index contributed by atoms with van der Waals surface area (Å²) in [4.78, 5) is 0. The fraction of sp³-hybridized carbons (Fsp3) is 1.00. The lowest BCUT2D eigenvalue weighted by atomic mass is 9.95. The SMILES string of the molecule is CCCCC(CC)COC1(O)CCCCCCC1. The Morgan fingerprint density at radius 1 is 1.06 bits per heavy atom. The highest BCUT2D eigenvalue weighted by Crippen LogP contribution is 2.28. The van der Waals surface area contributed by atoms with E-state index in [1.807, 2.05) is 0 Å². The van der Waals surface area contributed by atoms with Gasteiger partial charge in [0.1, 0.15) is 0 Å². The number of ether oxygens (including phenoxy) is 1. The molecule has 0 spiro atoms. The molecule has 108 valence electrons. The van der Waals surface area contributed by atoms with Crippen LogP contribution in [-0.2, 0) is 4.74 Å². The lowest BCUT2D eigenvalue weighted by Crippen LogP contribution is -2.35. The van der Waals surface area contributed by atoms with Gasteiger partial charge in [-0.15, -0.1) is 0 Å². The Kier molecular flexibility index (Phi) is 7.92. The van der Waals surface area contributed by atoms with E-state index < -0.39 is 5.79 Å². The first kappa shape index (κ1) is 16.0. The van der Waals surface area contributed by atoms with E-state index in [4.69, 9.17) is 4.74 Å². The first-order valence-corrected chi connectivity index (χ1v) is 8.06. The van der Waals surface area contributed by atoms with Gasteiger partial charge in [-0.1, -0.05) is 52.4 Å².